The van der Waals surface area contributed by atoms with Crippen molar-refractivity contribution < 1.29 is 8.83 Å². The van der Waals surface area contributed by atoms with Crippen molar-refractivity contribution >= 4 is 32.7 Å². The van der Waals surface area contributed by atoms with Crippen LogP contribution in [0.4, 0.5) is 0 Å². The maximum atomic E-state index is 6.34. The summed E-state index contributed by atoms with van der Waals surface area (Å²) in [4.78, 5) is 0. The first-order chi connectivity index (χ1) is 16.8. The van der Waals surface area contributed by atoms with Crippen molar-refractivity contribution in [3.8, 4) is 45.2 Å². The molecule has 4 nitrogen and oxygen atoms in total. The molecule has 0 saturated heterocycles. The third-order valence-electron chi connectivity index (χ3n) is 6.80. The summed E-state index contributed by atoms with van der Waals surface area (Å²) in [5.41, 5.74) is 8.40. The van der Waals surface area contributed by atoms with Gasteiger partial charge in [0.25, 0.3) is 0 Å². The smallest absolute Gasteiger partial charge is 0.248 e. The van der Waals surface area contributed by atoms with Gasteiger partial charge in [-0.05, 0) is 69.4 Å². The summed E-state index contributed by atoms with van der Waals surface area (Å²) in [7, 11) is 0. The fraction of sp³-hybridized carbons (Fsp3) is 0. The average molecular weight is 436 g/mol. The first-order valence-corrected chi connectivity index (χ1v) is 11.3. The molecule has 5 aromatic carbocycles. The molecule has 0 radical (unpaired) electrons. The summed E-state index contributed by atoms with van der Waals surface area (Å²) in [5, 5.41) is 13.3. The number of benzene rings is 5. The van der Waals surface area contributed by atoms with Crippen LogP contribution in [-0.4, -0.2) is 10.2 Å². The number of aromatic nitrogens is 2. The lowest BCUT2D eigenvalue weighted by atomic mass is 9.99. The van der Waals surface area contributed by atoms with Crippen LogP contribution in [0.3, 0.4) is 0 Å². The van der Waals surface area contributed by atoms with E-state index in [2.05, 4.69) is 58.7 Å². The molecule has 34 heavy (non-hydrogen) atoms. The van der Waals surface area contributed by atoms with E-state index in [1.54, 1.807) is 0 Å². The topological polar surface area (TPSA) is 52.1 Å². The Hall–Kier alpha value is -4.70. The molecule has 1 aliphatic rings. The van der Waals surface area contributed by atoms with Crippen LogP contribution in [-0.2, 0) is 0 Å². The van der Waals surface area contributed by atoms with Gasteiger partial charge in [0.15, 0.2) is 0 Å². The molecule has 0 unspecified atom stereocenters. The minimum Gasteiger partial charge on any atom is -0.456 e. The van der Waals surface area contributed by atoms with Crippen molar-refractivity contribution in [2.75, 3.05) is 0 Å². The van der Waals surface area contributed by atoms with Crippen molar-refractivity contribution in [3.05, 3.63) is 97.1 Å². The van der Waals surface area contributed by atoms with E-state index in [1.165, 1.54) is 33.0 Å². The molecule has 1 aliphatic carbocycles. The standard InChI is InChI=1S/C30H16N2O2/c1-2-7-18(8-3-1)29-31-32-30(34-29)21-13-6-14-25-28(21)24-15-22-19-11-4-9-17-10-5-12-20(27(17)19)23(22)16-26(24)33-25/h1-16H. The predicted molar refractivity (Wildman–Crippen MR) is 134 cm³/mol. The second-order valence-corrected chi connectivity index (χ2v) is 8.66. The number of nitrogens with zero attached hydrogens (tertiary/aromatic N) is 2. The number of hydrogen-bond acceptors (Lipinski definition) is 4. The highest BCUT2D eigenvalue weighted by atomic mass is 16.4. The van der Waals surface area contributed by atoms with Gasteiger partial charge in [0, 0.05) is 16.3 Å². The molecule has 0 bridgehead atoms. The molecule has 0 aliphatic heterocycles. The molecule has 0 saturated carbocycles. The SMILES string of the molecule is c1ccc(-c2nnc(-c3cccc4oc5cc6c(cc5c34)-c3cccc4cccc-6c34)o2)cc1. The summed E-state index contributed by atoms with van der Waals surface area (Å²) in [5.74, 6) is 0.987. The van der Waals surface area contributed by atoms with Gasteiger partial charge in [-0.25, -0.2) is 0 Å². The lowest BCUT2D eigenvalue weighted by Crippen LogP contribution is -1.81. The number of furan rings is 1. The Morgan fingerprint density at radius 2 is 1.18 bits per heavy atom. The van der Waals surface area contributed by atoms with Crippen molar-refractivity contribution in [2.24, 2.45) is 0 Å². The van der Waals surface area contributed by atoms with Crippen LogP contribution in [0.15, 0.2) is 106 Å². The van der Waals surface area contributed by atoms with Gasteiger partial charge in [-0.1, -0.05) is 60.7 Å². The Kier molecular flexibility index (Phi) is 3.36. The number of hydrogen-bond donors (Lipinski definition) is 0. The van der Waals surface area contributed by atoms with Crippen LogP contribution in [0.1, 0.15) is 0 Å². The summed E-state index contributed by atoms with van der Waals surface area (Å²) in [6, 6.07) is 33.2. The van der Waals surface area contributed by atoms with E-state index in [0.717, 1.165) is 33.1 Å². The molecular formula is C30H16N2O2. The van der Waals surface area contributed by atoms with Gasteiger partial charge in [0.05, 0.1) is 5.56 Å². The van der Waals surface area contributed by atoms with Crippen molar-refractivity contribution in [2.45, 2.75) is 0 Å². The minimum atomic E-state index is 0.484. The molecule has 0 N–H and O–H groups in total. The van der Waals surface area contributed by atoms with Gasteiger partial charge in [-0.3, -0.25) is 0 Å². The molecular weight excluding hydrogens is 420 g/mol. The number of fused-ring (bicyclic) bond motifs is 6. The van der Waals surface area contributed by atoms with Gasteiger partial charge in [-0.2, -0.15) is 0 Å². The summed E-state index contributed by atoms with van der Waals surface area (Å²) in [6.07, 6.45) is 0. The highest BCUT2D eigenvalue weighted by molar-refractivity contribution is 6.20. The maximum Gasteiger partial charge on any atom is 0.248 e. The van der Waals surface area contributed by atoms with E-state index < -0.39 is 0 Å². The fourth-order valence-electron chi connectivity index (χ4n) is 5.32. The van der Waals surface area contributed by atoms with Crippen LogP contribution < -0.4 is 0 Å². The van der Waals surface area contributed by atoms with Crippen molar-refractivity contribution in [1.29, 1.82) is 0 Å². The van der Waals surface area contributed by atoms with E-state index in [1.807, 2.05) is 48.5 Å². The maximum absolute atomic E-state index is 6.34. The fourth-order valence-corrected chi connectivity index (χ4v) is 5.32. The van der Waals surface area contributed by atoms with Gasteiger partial charge in [0.1, 0.15) is 11.2 Å². The predicted octanol–water partition coefficient (Wildman–Crippen LogP) is 8.10. The Balaban J connectivity index is 1.39. The second-order valence-electron chi connectivity index (χ2n) is 8.66. The number of rotatable bonds is 2. The Morgan fingerprint density at radius 1 is 0.471 bits per heavy atom. The lowest BCUT2D eigenvalue weighted by Gasteiger charge is -2.03. The Bertz CT molecular complexity index is 1910. The molecule has 4 heteroatoms. The lowest BCUT2D eigenvalue weighted by molar-refractivity contribution is 0.585. The molecule has 0 amide bonds. The monoisotopic (exact) mass is 436 g/mol. The average Bonchev–Trinajstić information content (AvgIpc) is 3.59. The summed E-state index contributed by atoms with van der Waals surface area (Å²) in [6.45, 7) is 0. The van der Waals surface area contributed by atoms with Crippen LogP contribution in [0, 0.1) is 0 Å². The van der Waals surface area contributed by atoms with E-state index in [9.17, 15) is 0 Å². The molecule has 2 heterocycles. The summed E-state index contributed by atoms with van der Waals surface area (Å²) < 4.78 is 12.4. The van der Waals surface area contributed by atoms with Crippen LogP contribution >= 0.6 is 0 Å². The van der Waals surface area contributed by atoms with E-state index in [-0.39, 0.29) is 0 Å². The van der Waals surface area contributed by atoms with Gasteiger partial charge in [0.2, 0.25) is 11.8 Å². The zero-order chi connectivity index (χ0) is 22.2. The van der Waals surface area contributed by atoms with Gasteiger partial charge in [-0.15, -0.1) is 10.2 Å². The van der Waals surface area contributed by atoms with Crippen molar-refractivity contribution in [1.82, 2.24) is 10.2 Å². The Morgan fingerprint density at radius 3 is 2.00 bits per heavy atom. The molecule has 0 fully saturated rings. The van der Waals surface area contributed by atoms with E-state index >= 15 is 0 Å². The van der Waals surface area contributed by atoms with Gasteiger partial charge < -0.3 is 8.83 Å². The van der Waals surface area contributed by atoms with Crippen LogP contribution in [0.25, 0.3) is 77.9 Å². The Labute approximate surface area is 194 Å². The van der Waals surface area contributed by atoms with Crippen LogP contribution in [0.5, 0.6) is 0 Å². The van der Waals surface area contributed by atoms with Crippen LogP contribution in [0.2, 0.25) is 0 Å². The summed E-state index contributed by atoms with van der Waals surface area (Å²) >= 11 is 0. The highest BCUT2D eigenvalue weighted by Gasteiger charge is 2.24. The zero-order valence-electron chi connectivity index (χ0n) is 17.9. The molecule has 2 aromatic heterocycles. The van der Waals surface area contributed by atoms with Crippen molar-refractivity contribution in [3.63, 3.8) is 0 Å². The minimum absolute atomic E-state index is 0.484. The second kappa shape index (κ2) is 6.42. The first-order valence-electron chi connectivity index (χ1n) is 11.3. The largest absolute Gasteiger partial charge is 0.456 e. The third kappa shape index (κ3) is 2.32. The molecule has 7 aromatic rings. The molecule has 0 spiro atoms. The first kappa shape index (κ1) is 17.8. The molecule has 0 atom stereocenters. The van der Waals surface area contributed by atoms with E-state index in [4.69, 9.17) is 8.83 Å². The normalized spacial score (nSPS) is 12.1. The third-order valence-corrected chi connectivity index (χ3v) is 6.80. The van der Waals surface area contributed by atoms with E-state index in [0.29, 0.717) is 11.8 Å². The molecule has 158 valence electrons. The highest BCUT2D eigenvalue weighted by Crippen LogP contribution is 2.50. The zero-order valence-corrected chi connectivity index (χ0v) is 17.9. The molecule has 8 rings (SSSR count). The quantitative estimate of drug-likeness (QED) is 0.275. The van der Waals surface area contributed by atoms with Gasteiger partial charge >= 0.3 is 0 Å².